The third-order valence-corrected chi connectivity index (χ3v) is 2.94. The van der Waals surface area contributed by atoms with Crippen molar-refractivity contribution in [2.24, 2.45) is 5.73 Å². The Kier molecular flexibility index (Phi) is 3.21. The van der Waals surface area contributed by atoms with Gasteiger partial charge in [-0.05, 0) is 41.1 Å². The van der Waals surface area contributed by atoms with Gasteiger partial charge in [-0.1, -0.05) is 0 Å². The number of nitro benzene ring substituents is 1. The SMILES string of the molecule is Cc1cc([N+](=O)[O-])c(CN)cc1I. The molecule has 1 aromatic carbocycles. The number of halogens is 1. The molecule has 0 heterocycles. The van der Waals surface area contributed by atoms with E-state index in [9.17, 15) is 10.1 Å². The van der Waals surface area contributed by atoms with E-state index in [1.807, 2.05) is 6.92 Å². The molecule has 2 N–H and O–H groups in total. The Morgan fingerprint density at radius 3 is 2.69 bits per heavy atom. The molecule has 1 rings (SSSR count). The van der Waals surface area contributed by atoms with E-state index in [4.69, 9.17) is 5.73 Å². The molecule has 1 aromatic rings. The monoisotopic (exact) mass is 292 g/mol. The fourth-order valence-corrected chi connectivity index (χ4v) is 1.57. The van der Waals surface area contributed by atoms with Crippen molar-refractivity contribution in [1.82, 2.24) is 0 Å². The van der Waals surface area contributed by atoms with Crippen LogP contribution in [0.3, 0.4) is 0 Å². The summed E-state index contributed by atoms with van der Waals surface area (Å²) in [6, 6.07) is 3.32. The summed E-state index contributed by atoms with van der Waals surface area (Å²) in [7, 11) is 0. The molecule has 0 aliphatic heterocycles. The molecule has 0 atom stereocenters. The fraction of sp³-hybridized carbons (Fsp3) is 0.250. The van der Waals surface area contributed by atoms with Crippen LogP contribution in [0.4, 0.5) is 5.69 Å². The number of nitro groups is 1. The van der Waals surface area contributed by atoms with Crippen LogP contribution in [-0.4, -0.2) is 4.92 Å². The lowest BCUT2D eigenvalue weighted by Crippen LogP contribution is -2.03. The van der Waals surface area contributed by atoms with E-state index in [-0.39, 0.29) is 12.2 Å². The van der Waals surface area contributed by atoms with Gasteiger partial charge in [0.1, 0.15) is 0 Å². The summed E-state index contributed by atoms with van der Waals surface area (Å²) in [5.74, 6) is 0. The topological polar surface area (TPSA) is 69.2 Å². The zero-order valence-electron chi connectivity index (χ0n) is 7.08. The van der Waals surface area contributed by atoms with E-state index in [2.05, 4.69) is 22.6 Å². The van der Waals surface area contributed by atoms with Crippen molar-refractivity contribution in [2.75, 3.05) is 0 Å². The molecule has 5 heteroatoms. The van der Waals surface area contributed by atoms with Crippen LogP contribution in [0, 0.1) is 20.6 Å². The summed E-state index contributed by atoms with van der Waals surface area (Å²) >= 11 is 2.14. The predicted octanol–water partition coefficient (Wildman–Crippen LogP) is 1.97. The van der Waals surface area contributed by atoms with Crippen molar-refractivity contribution in [1.29, 1.82) is 0 Å². The normalized spacial score (nSPS) is 10.1. The van der Waals surface area contributed by atoms with Crippen LogP contribution in [0.2, 0.25) is 0 Å². The Labute approximate surface area is 89.4 Å². The maximum atomic E-state index is 10.6. The zero-order valence-corrected chi connectivity index (χ0v) is 9.24. The molecule has 0 bridgehead atoms. The lowest BCUT2D eigenvalue weighted by Gasteiger charge is -2.03. The van der Waals surface area contributed by atoms with Crippen molar-refractivity contribution in [3.8, 4) is 0 Å². The van der Waals surface area contributed by atoms with Crippen LogP contribution < -0.4 is 5.73 Å². The highest BCUT2D eigenvalue weighted by atomic mass is 127. The largest absolute Gasteiger partial charge is 0.326 e. The van der Waals surface area contributed by atoms with Gasteiger partial charge in [0, 0.05) is 21.7 Å². The lowest BCUT2D eigenvalue weighted by atomic mass is 10.1. The van der Waals surface area contributed by atoms with E-state index < -0.39 is 4.92 Å². The predicted molar refractivity (Wildman–Crippen MR) is 58.4 cm³/mol. The van der Waals surface area contributed by atoms with E-state index >= 15 is 0 Å². The molecule has 0 amide bonds. The molecule has 70 valence electrons. The van der Waals surface area contributed by atoms with Crippen LogP contribution in [0.1, 0.15) is 11.1 Å². The van der Waals surface area contributed by atoms with Crippen LogP contribution in [0.25, 0.3) is 0 Å². The summed E-state index contributed by atoms with van der Waals surface area (Å²) < 4.78 is 1.00. The highest BCUT2D eigenvalue weighted by Gasteiger charge is 2.13. The summed E-state index contributed by atoms with van der Waals surface area (Å²) in [6.07, 6.45) is 0. The minimum Gasteiger partial charge on any atom is -0.326 e. The second-order valence-electron chi connectivity index (χ2n) is 2.69. The van der Waals surface area contributed by atoms with Gasteiger partial charge in [0.05, 0.1) is 4.92 Å². The summed E-state index contributed by atoms with van der Waals surface area (Å²) in [6.45, 7) is 2.04. The lowest BCUT2D eigenvalue weighted by molar-refractivity contribution is -0.385. The quantitative estimate of drug-likeness (QED) is 0.514. The maximum absolute atomic E-state index is 10.6. The number of hydrogen-bond donors (Lipinski definition) is 1. The van der Waals surface area contributed by atoms with Crippen LogP contribution in [0.15, 0.2) is 12.1 Å². The first kappa shape index (κ1) is 10.4. The van der Waals surface area contributed by atoms with Crippen molar-refractivity contribution >= 4 is 28.3 Å². The Morgan fingerprint density at radius 2 is 2.23 bits per heavy atom. The Balaban J connectivity index is 3.33. The number of benzene rings is 1. The third-order valence-electron chi connectivity index (χ3n) is 1.78. The van der Waals surface area contributed by atoms with Crippen molar-refractivity contribution < 1.29 is 4.92 Å². The van der Waals surface area contributed by atoms with E-state index in [1.54, 1.807) is 12.1 Å². The smallest absolute Gasteiger partial charge is 0.274 e. The zero-order chi connectivity index (χ0) is 10.0. The molecule has 0 unspecified atom stereocenters. The van der Waals surface area contributed by atoms with Crippen molar-refractivity contribution in [3.05, 3.63) is 36.9 Å². The Morgan fingerprint density at radius 1 is 1.62 bits per heavy atom. The van der Waals surface area contributed by atoms with Crippen LogP contribution in [-0.2, 0) is 6.54 Å². The van der Waals surface area contributed by atoms with Crippen LogP contribution >= 0.6 is 22.6 Å². The minimum atomic E-state index is -0.398. The molecule has 0 radical (unpaired) electrons. The van der Waals surface area contributed by atoms with E-state index in [0.717, 1.165) is 9.13 Å². The number of aryl methyl sites for hydroxylation is 1. The van der Waals surface area contributed by atoms with E-state index in [0.29, 0.717) is 5.56 Å². The highest BCUT2D eigenvalue weighted by Crippen LogP contribution is 2.23. The summed E-state index contributed by atoms with van der Waals surface area (Å²) in [5.41, 5.74) is 7.00. The molecule has 0 aliphatic rings. The molecular formula is C8H9IN2O2. The first-order valence-electron chi connectivity index (χ1n) is 3.69. The van der Waals surface area contributed by atoms with Gasteiger partial charge in [-0.15, -0.1) is 0 Å². The third kappa shape index (κ3) is 2.16. The van der Waals surface area contributed by atoms with Gasteiger partial charge in [-0.3, -0.25) is 10.1 Å². The summed E-state index contributed by atoms with van der Waals surface area (Å²) in [4.78, 5) is 10.2. The molecule has 0 aliphatic carbocycles. The average molecular weight is 292 g/mol. The van der Waals surface area contributed by atoms with E-state index in [1.165, 1.54) is 0 Å². The van der Waals surface area contributed by atoms with Gasteiger partial charge in [0.15, 0.2) is 0 Å². The second-order valence-corrected chi connectivity index (χ2v) is 3.85. The number of hydrogen-bond acceptors (Lipinski definition) is 3. The summed E-state index contributed by atoms with van der Waals surface area (Å²) in [5, 5.41) is 10.6. The average Bonchev–Trinajstić information content (AvgIpc) is 2.08. The van der Waals surface area contributed by atoms with Gasteiger partial charge < -0.3 is 5.73 Å². The first-order chi connectivity index (χ1) is 6.06. The standard InChI is InChI=1S/C8H9IN2O2/c1-5-2-8(11(12)13)6(4-10)3-7(5)9/h2-3H,4,10H2,1H3. The molecule has 0 aromatic heterocycles. The van der Waals surface area contributed by atoms with Gasteiger partial charge >= 0.3 is 0 Å². The van der Waals surface area contributed by atoms with Gasteiger partial charge in [0.2, 0.25) is 0 Å². The second kappa shape index (κ2) is 4.01. The van der Waals surface area contributed by atoms with Gasteiger partial charge in [-0.2, -0.15) is 0 Å². The Hall–Kier alpha value is -0.690. The molecule has 0 saturated heterocycles. The van der Waals surface area contributed by atoms with Gasteiger partial charge in [-0.25, -0.2) is 0 Å². The molecule has 0 fully saturated rings. The van der Waals surface area contributed by atoms with Crippen molar-refractivity contribution in [3.63, 3.8) is 0 Å². The molecule has 0 spiro atoms. The molecule has 4 nitrogen and oxygen atoms in total. The number of nitrogens with two attached hydrogens (primary N) is 1. The maximum Gasteiger partial charge on any atom is 0.274 e. The van der Waals surface area contributed by atoms with Crippen LogP contribution in [0.5, 0.6) is 0 Å². The molecule has 0 saturated carbocycles. The molecule has 13 heavy (non-hydrogen) atoms. The number of rotatable bonds is 2. The first-order valence-corrected chi connectivity index (χ1v) is 4.77. The number of nitrogens with zero attached hydrogens (tertiary/aromatic N) is 1. The molecular weight excluding hydrogens is 283 g/mol. The Bertz CT molecular complexity index is 352. The fourth-order valence-electron chi connectivity index (χ4n) is 1.04. The minimum absolute atomic E-state index is 0.111. The van der Waals surface area contributed by atoms with Gasteiger partial charge in [0.25, 0.3) is 5.69 Å². The highest BCUT2D eigenvalue weighted by molar-refractivity contribution is 14.1. The van der Waals surface area contributed by atoms with Crippen molar-refractivity contribution in [2.45, 2.75) is 13.5 Å².